The van der Waals surface area contributed by atoms with Gasteiger partial charge in [-0.25, -0.2) is 4.98 Å². The smallest absolute Gasteiger partial charge is 0.236 e. The highest BCUT2D eigenvalue weighted by Crippen LogP contribution is 2.51. The summed E-state index contributed by atoms with van der Waals surface area (Å²) >= 11 is 8.01. The molecule has 9 heteroatoms. The fraction of sp³-hybridized carbons (Fsp3) is 0.360. The van der Waals surface area contributed by atoms with Gasteiger partial charge in [0.05, 0.1) is 17.6 Å². The minimum absolute atomic E-state index is 0.0573. The second-order valence-corrected chi connectivity index (χ2v) is 10.5. The van der Waals surface area contributed by atoms with Crippen LogP contribution in [0.3, 0.4) is 0 Å². The number of halogens is 1. The molecule has 176 valence electrons. The monoisotopic (exact) mass is 497 g/mol. The van der Waals surface area contributed by atoms with Crippen LogP contribution in [-0.4, -0.2) is 46.9 Å². The number of hydrogen-bond acceptors (Lipinski definition) is 7. The molecule has 6 rings (SSSR count). The van der Waals surface area contributed by atoms with Crippen molar-refractivity contribution in [1.82, 2.24) is 9.88 Å². The van der Waals surface area contributed by atoms with Crippen LogP contribution < -0.4 is 14.8 Å². The molecule has 7 nitrogen and oxygen atoms in total. The molecule has 34 heavy (non-hydrogen) atoms. The zero-order valence-corrected chi connectivity index (χ0v) is 19.9. The van der Waals surface area contributed by atoms with Gasteiger partial charge in [0.15, 0.2) is 16.6 Å². The SMILES string of the molecule is O=C(Nc1ncc(C(c2ccccc2Cl)N2CC[C@H](O)C2)s1)C1(c2ccc3c(c2)OCO3)CC1. The molecule has 2 aliphatic heterocycles. The Morgan fingerprint density at radius 1 is 1.24 bits per heavy atom. The maximum absolute atomic E-state index is 13.3. The fourth-order valence-corrected chi connectivity index (χ4v) is 6.09. The molecule has 1 amide bonds. The van der Waals surface area contributed by atoms with Crippen molar-refractivity contribution in [2.75, 3.05) is 25.2 Å². The predicted molar refractivity (Wildman–Crippen MR) is 130 cm³/mol. The molecule has 1 aliphatic carbocycles. The molecule has 3 aliphatic rings. The third-order valence-corrected chi connectivity index (χ3v) is 8.19. The Bertz CT molecular complexity index is 1240. The molecule has 2 N–H and O–H groups in total. The summed E-state index contributed by atoms with van der Waals surface area (Å²) in [5, 5.41) is 14.4. The van der Waals surface area contributed by atoms with Crippen LogP contribution in [0.5, 0.6) is 11.5 Å². The molecule has 0 radical (unpaired) electrons. The van der Waals surface area contributed by atoms with Gasteiger partial charge in [0.1, 0.15) is 0 Å². The van der Waals surface area contributed by atoms with Crippen LogP contribution in [-0.2, 0) is 10.2 Å². The lowest BCUT2D eigenvalue weighted by Crippen LogP contribution is -2.28. The number of fused-ring (bicyclic) bond motifs is 1. The number of thiazole rings is 1. The first kappa shape index (κ1) is 21.9. The molecule has 3 aromatic rings. The Morgan fingerprint density at radius 3 is 2.82 bits per heavy atom. The van der Waals surface area contributed by atoms with E-state index in [4.69, 9.17) is 21.1 Å². The van der Waals surface area contributed by atoms with Crippen molar-refractivity contribution in [3.8, 4) is 11.5 Å². The number of nitrogens with zero attached hydrogens (tertiary/aromatic N) is 2. The van der Waals surface area contributed by atoms with Gasteiger partial charge >= 0.3 is 0 Å². The van der Waals surface area contributed by atoms with Crippen LogP contribution in [0.25, 0.3) is 0 Å². The number of aromatic nitrogens is 1. The summed E-state index contributed by atoms with van der Waals surface area (Å²) in [6, 6.07) is 13.4. The Balaban J connectivity index is 1.25. The summed E-state index contributed by atoms with van der Waals surface area (Å²) in [4.78, 5) is 21.0. The highest BCUT2D eigenvalue weighted by atomic mass is 35.5. The second-order valence-electron chi connectivity index (χ2n) is 9.03. The Hall–Kier alpha value is -2.65. The number of carbonyl (C=O) groups is 1. The van der Waals surface area contributed by atoms with E-state index in [0.29, 0.717) is 28.2 Å². The average Bonchev–Trinajstić information content (AvgIpc) is 3.13. The van der Waals surface area contributed by atoms with Crippen molar-refractivity contribution in [2.45, 2.75) is 36.8 Å². The number of aliphatic hydroxyl groups excluding tert-OH is 1. The van der Waals surface area contributed by atoms with Crippen LogP contribution in [0.2, 0.25) is 5.02 Å². The van der Waals surface area contributed by atoms with Gasteiger partial charge in [-0.1, -0.05) is 47.2 Å². The number of amides is 1. The number of rotatable bonds is 6. The molecular weight excluding hydrogens is 474 g/mol. The van der Waals surface area contributed by atoms with Gasteiger partial charge in [-0.2, -0.15) is 0 Å². The number of ether oxygens (including phenoxy) is 2. The lowest BCUT2D eigenvalue weighted by molar-refractivity contribution is -0.118. The van der Waals surface area contributed by atoms with E-state index in [1.807, 2.05) is 42.5 Å². The summed E-state index contributed by atoms with van der Waals surface area (Å²) in [5.41, 5.74) is 1.35. The number of anilines is 1. The molecule has 1 saturated heterocycles. The lowest BCUT2D eigenvalue weighted by Gasteiger charge is -2.27. The first-order valence-corrected chi connectivity index (χ1v) is 12.6. The number of aliphatic hydroxyl groups is 1. The largest absolute Gasteiger partial charge is 0.454 e. The maximum Gasteiger partial charge on any atom is 0.236 e. The summed E-state index contributed by atoms with van der Waals surface area (Å²) in [5.74, 6) is 1.34. The van der Waals surface area contributed by atoms with E-state index in [1.54, 1.807) is 6.20 Å². The zero-order chi connectivity index (χ0) is 23.3. The highest BCUT2D eigenvalue weighted by molar-refractivity contribution is 7.15. The van der Waals surface area contributed by atoms with Gasteiger partial charge in [0.25, 0.3) is 0 Å². The van der Waals surface area contributed by atoms with Crippen LogP contribution in [0.4, 0.5) is 5.13 Å². The van der Waals surface area contributed by atoms with E-state index in [-0.39, 0.29) is 24.8 Å². The number of benzene rings is 2. The van der Waals surface area contributed by atoms with Crippen molar-refractivity contribution < 1.29 is 19.4 Å². The van der Waals surface area contributed by atoms with Crippen molar-refractivity contribution in [3.05, 3.63) is 69.7 Å². The molecule has 2 atom stereocenters. The molecule has 1 unspecified atom stereocenters. The van der Waals surface area contributed by atoms with Crippen molar-refractivity contribution >= 4 is 34.0 Å². The molecule has 1 aromatic heterocycles. The highest BCUT2D eigenvalue weighted by Gasteiger charge is 2.52. The maximum atomic E-state index is 13.3. The van der Waals surface area contributed by atoms with Crippen LogP contribution in [0.15, 0.2) is 48.7 Å². The fourth-order valence-electron chi connectivity index (χ4n) is 4.88. The Kier molecular flexibility index (Phi) is 5.49. The van der Waals surface area contributed by atoms with Crippen LogP contribution >= 0.6 is 22.9 Å². The first-order valence-electron chi connectivity index (χ1n) is 11.4. The van der Waals surface area contributed by atoms with E-state index in [1.165, 1.54) is 11.3 Å². The molecule has 3 heterocycles. The number of likely N-dealkylation sites (tertiary alicyclic amines) is 1. The van der Waals surface area contributed by atoms with Crippen molar-refractivity contribution in [2.24, 2.45) is 0 Å². The number of hydrogen-bond donors (Lipinski definition) is 2. The van der Waals surface area contributed by atoms with Crippen LogP contribution in [0, 0.1) is 0 Å². The molecule has 2 aromatic carbocycles. The minimum Gasteiger partial charge on any atom is -0.454 e. The quantitative estimate of drug-likeness (QED) is 0.526. The van der Waals surface area contributed by atoms with Gasteiger partial charge in [0, 0.05) is 29.2 Å². The van der Waals surface area contributed by atoms with E-state index in [0.717, 1.165) is 41.8 Å². The summed E-state index contributed by atoms with van der Waals surface area (Å²) in [6.45, 7) is 1.55. The number of β-amino-alcohol motifs (C(OH)–C–C–N with tert-alkyl or cyclic N) is 1. The summed E-state index contributed by atoms with van der Waals surface area (Å²) < 4.78 is 10.9. The van der Waals surface area contributed by atoms with Gasteiger partial charge in [-0.15, -0.1) is 0 Å². The number of carbonyl (C=O) groups excluding carboxylic acids is 1. The van der Waals surface area contributed by atoms with Crippen LogP contribution in [0.1, 0.15) is 41.3 Å². The normalized spacial score (nSPS) is 21.4. The van der Waals surface area contributed by atoms with E-state index in [2.05, 4.69) is 15.2 Å². The first-order chi connectivity index (χ1) is 16.5. The van der Waals surface area contributed by atoms with Gasteiger partial charge < -0.3 is 19.9 Å². The summed E-state index contributed by atoms with van der Waals surface area (Å²) in [7, 11) is 0. The van der Waals surface area contributed by atoms with Gasteiger partial charge in [0.2, 0.25) is 12.7 Å². The predicted octanol–water partition coefficient (Wildman–Crippen LogP) is 4.35. The van der Waals surface area contributed by atoms with E-state index >= 15 is 0 Å². The van der Waals surface area contributed by atoms with E-state index in [9.17, 15) is 9.90 Å². The van der Waals surface area contributed by atoms with Gasteiger partial charge in [-0.05, 0) is 48.6 Å². The third kappa shape index (κ3) is 3.84. The molecule has 1 saturated carbocycles. The summed E-state index contributed by atoms with van der Waals surface area (Å²) in [6.07, 6.45) is 3.74. The topological polar surface area (TPSA) is 83.9 Å². The van der Waals surface area contributed by atoms with E-state index < -0.39 is 5.41 Å². The van der Waals surface area contributed by atoms with Crippen molar-refractivity contribution in [3.63, 3.8) is 0 Å². The average molecular weight is 498 g/mol. The molecule has 0 spiro atoms. The standard InChI is InChI=1S/C25H24ClN3O4S/c26-18-4-2-1-3-17(18)22(29-10-7-16(30)13-29)21-12-27-24(34-21)28-23(31)25(8-9-25)15-5-6-19-20(11-15)33-14-32-19/h1-6,11-12,16,22,30H,7-10,13-14H2,(H,27,28,31)/t16-,22?/m0/s1. The zero-order valence-electron chi connectivity index (χ0n) is 18.4. The second kappa shape index (κ2) is 8.53. The Labute approximate surface area is 206 Å². The Morgan fingerprint density at radius 2 is 2.06 bits per heavy atom. The molecule has 0 bridgehead atoms. The number of nitrogens with one attached hydrogen (secondary N) is 1. The van der Waals surface area contributed by atoms with Crippen molar-refractivity contribution in [1.29, 1.82) is 0 Å². The minimum atomic E-state index is -0.561. The van der Waals surface area contributed by atoms with Gasteiger partial charge in [-0.3, -0.25) is 9.69 Å². The lowest BCUT2D eigenvalue weighted by atomic mass is 9.94. The molecular formula is C25H24ClN3O4S. The third-order valence-electron chi connectivity index (χ3n) is 6.88. The molecule has 2 fully saturated rings.